The molecule has 1 aromatic heterocycles. The third-order valence-electron chi connectivity index (χ3n) is 3.05. The summed E-state index contributed by atoms with van der Waals surface area (Å²) in [6.45, 7) is 0. The van der Waals surface area contributed by atoms with Crippen molar-refractivity contribution in [1.82, 2.24) is 4.98 Å². The highest BCUT2D eigenvalue weighted by Gasteiger charge is 2.11. The number of hydrogen-bond acceptors (Lipinski definition) is 2. The molecule has 0 aliphatic rings. The second-order valence-corrected chi connectivity index (χ2v) is 5.63. The van der Waals surface area contributed by atoms with Crippen LogP contribution in [0.15, 0.2) is 59.2 Å². The lowest BCUT2D eigenvalue weighted by Gasteiger charge is -2.04. The summed E-state index contributed by atoms with van der Waals surface area (Å²) in [6, 6.07) is 14.5. The van der Waals surface area contributed by atoms with Gasteiger partial charge in [-0.25, -0.2) is 0 Å². The first kappa shape index (κ1) is 13.3. The molecule has 0 aliphatic heterocycles. The molecular formula is C16H9BrClNO. The number of halogens is 2. The third-order valence-corrected chi connectivity index (χ3v) is 4.28. The van der Waals surface area contributed by atoms with E-state index < -0.39 is 0 Å². The van der Waals surface area contributed by atoms with Gasteiger partial charge in [-0.05, 0) is 58.4 Å². The number of fused-ring (bicyclic) bond motifs is 1. The maximum atomic E-state index is 12.5. The van der Waals surface area contributed by atoms with Crippen LogP contribution in [0.5, 0.6) is 0 Å². The Hall–Kier alpha value is -1.71. The maximum Gasteiger partial charge on any atom is 0.193 e. The van der Waals surface area contributed by atoms with E-state index >= 15 is 0 Å². The molecule has 0 unspecified atom stereocenters. The molecule has 0 fully saturated rings. The second kappa shape index (κ2) is 5.35. The van der Waals surface area contributed by atoms with Crippen LogP contribution in [0.25, 0.3) is 10.9 Å². The summed E-state index contributed by atoms with van der Waals surface area (Å²) >= 11 is 9.35. The van der Waals surface area contributed by atoms with E-state index in [2.05, 4.69) is 20.9 Å². The molecule has 0 saturated carbocycles. The highest BCUT2D eigenvalue weighted by Crippen LogP contribution is 2.25. The van der Waals surface area contributed by atoms with Crippen LogP contribution >= 0.6 is 27.5 Å². The van der Waals surface area contributed by atoms with E-state index in [1.54, 1.807) is 30.5 Å². The standard InChI is InChI=1S/C16H9BrClNO/c17-13-5-3-12(9-14(13)18)16(20)11-4-6-15-10(8-11)2-1-7-19-15/h1-9H. The average Bonchev–Trinajstić information content (AvgIpc) is 2.49. The van der Waals surface area contributed by atoms with Crippen LogP contribution in [-0.2, 0) is 0 Å². The van der Waals surface area contributed by atoms with Crippen molar-refractivity contribution >= 4 is 44.2 Å². The number of hydrogen-bond donors (Lipinski definition) is 0. The minimum Gasteiger partial charge on any atom is -0.289 e. The normalized spacial score (nSPS) is 10.7. The molecule has 1 heterocycles. The van der Waals surface area contributed by atoms with Gasteiger partial charge in [0, 0.05) is 27.2 Å². The lowest BCUT2D eigenvalue weighted by Crippen LogP contribution is -2.01. The SMILES string of the molecule is O=C(c1ccc(Br)c(Cl)c1)c1ccc2ncccc2c1. The van der Waals surface area contributed by atoms with E-state index in [0.29, 0.717) is 16.1 Å². The van der Waals surface area contributed by atoms with E-state index in [-0.39, 0.29) is 5.78 Å². The molecule has 0 aliphatic carbocycles. The van der Waals surface area contributed by atoms with Gasteiger partial charge in [0.15, 0.2) is 5.78 Å². The Labute approximate surface area is 129 Å². The smallest absolute Gasteiger partial charge is 0.193 e. The summed E-state index contributed by atoms with van der Waals surface area (Å²) in [5.41, 5.74) is 2.07. The van der Waals surface area contributed by atoms with Crippen molar-refractivity contribution in [3.8, 4) is 0 Å². The fraction of sp³-hybridized carbons (Fsp3) is 0. The Bertz CT molecular complexity index is 816. The van der Waals surface area contributed by atoms with Crippen LogP contribution in [0.1, 0.15) is 15.9 Å². The van der Waals surface area contributed by atoms with Crippen molar-refractivity contribution in [3.05, 3.63) is 75.4 Å². The topological polar surface area (TPSA) is 30.0 Å². The van der Waals surface area contributed by atoms with Gasteiger partial charge in [-0.3, -0.25) is 9.78 Å². The zero-order valence-electron chi connectivity index (χ0n) is 10.3. The van der Waals surface area contributed by atoms with Crippen molar-refractivity contribution in [1.29, 1.82) is 0 Å². The van der Waals surface area contributed by atoms with Gasteiger partial charge < -0.3 is 0 Å². The molecule has 3 rings (SSSR count). The number of rotatable bonds is 2. The predicted octanol–water partition coefficient (Wildman–Crippen LogP) is 4.88. The van der Waals surface area contributed by atoms with Crippen molar-refractivity contribution in [2.45, 2.75) is 0 Å². The first-order chi connectivity index (χ1) is 9.65. The summed E-state index contributed by atoms with van der Waals surface area (Å²) in [7, 11) is 0. The number of aromatic nitrogens is 1. The molecule has 0 amide bonds. The highest BCUT2D eigenvalue weighted by atomic mass is 79.9. The molecule has 0 radical (unpaired) electrons. The zero-order valence-corrected chi connectivity index (χ0v) is 12.6. The van der Waals surface area contributed by atoms with Crippen molar-refractivity contribution in [2.24, 2.45) is 0 Å². The lowest BCUT2D eigenvalue weighted by atomic mass is 10.0. The molecule has 0 saturated heterocycles. The molecular weight excluding hydrogens is 338 g/mol. The molecule has 0 spiro atoms. The number of pyridine rings is 1. The number of nitrogens with zero attached hydrogens (tertiary/aromatic N) is 1. The minimum atomic E-state index is -0.0508. The summed E-state index contributed by atoms with van der Waals surface area (Å²) < 4.78 is 0.776. The fourth-order valence-corrected chi connectivity index (χ4v) is 2.45. The van der Waals surface area contributed by atoms with Crippen LogP contribution in [0.2, 0.25) is 5.02 Å². The molecule has 0 N–H and O–H groups in total. The summed E-state index contributed by atoms with van der Waals surface area (Å²) in [4.78, 5) is 16.7. The highest BCUT2D eigenvalue weighted by molar-refractivity contribution is 9.10. The first-order valence-corrected chi connectivity index (χ1v) is 7.17. The van der Waals surface area contributed by atoms with Gasteiger partial charge >= 0.3 is 0 Å². The molecule has 4 heteroatoms. The fourth-order valence-electron chi connectivity index (χ4n) is 2.02. The third kappa shape index (κ3) is 2.47. The molecule has 0 bridgehead atoms. The van der Waals surface area contributed by atoms with Crippen LogP contribution < -0.4 is 0 Å². The van der Waals surface area contributed by atoms with E-state index in [0.717, 1.165) is 15.4 Å². The summed E-state index contributed by atoms with van der Waals surface area (Å²) in [6.07, 6.45) is 1.73. The monoisotopic (exact) mass is 345 g/mol. The molecule has 2 nitrogen and oxygen atoms in total. The quantitative estimate of drug-likeness (QED) is 0.619. The molecule has 98 valence electrons. The number of benzene rings is 2. The molecule has 2 aromatic carbocycles. The Morgan fingerprint density at radius 2 is 1.80 bits per heavy atom. The average molecular weight is 347 g/mol. The summed E-state index contributed by atoms with van der Waals surface area (Å²) in [5, 5.41) is 1.47. The largest absolute Gasteiger partial charge is 0.289 e. The number of ketones is 1. The number of carbonyl (C=O) groups is 1. The Morgan fingerprint density at radius 1 is 1.05 bits per heavy atom. The predicted molar refractivity (Wildman–Crippen MR) is 84.3 cm³/mol. The van der Waals surface area contributed by atoms with E-state index in [1.807, 2.05) is 24.3 Å². The van der Waals surface area contributed by atoms with Gasteiger partial charge in [0.1, 0.15) is 0 Å². The first-order valence-electron chi connectivity index (χ1n) is 6.00. The summed E-state index contributed by atoms with van der Waals surface area (Å²) in [5.74, 6) is -0.0508. The van der Waals surface area contributed by atoms with Gasteiger partial charge in [0.05, 0.1) is 10.5 Å². The van der Waals surface area contributed by atoms with Crippen LogP contribution in [0.4, 0.5) is 0 Å². The molecule has 0 atom stereocenters. The van der Waals surface area contributed by atoms with E-state index in [4.69, 9.17) is 11.6 Å². The number of carbonyl (C=O) groups excluding carboxylic acids is 1. The Balaban J connectivity index is 2.05. The minimum absolute atomic E-state index is 0.0508. The van der Waals surface area contributed by atoms with Crippen LogP contribution in [-0.4, -0.2) is 10.8 Å². The van der Waals surface area contributed by atoms with Crippen LogP contribution in [0.3, 0.4) is 0 Å². The van der Waals surface area contributed by atoms with Gasteiger partial charge in [-0.2, -0.15) is 0 Å². The van der Waals surface area contributed by atoms with E-state index in [9.17, 15) is 4.79 Å². The van der Waals surface area contributed by atoms with E-state index in [1.165, 1.54) is 0 Å². The Kier molecular flexibility index (Phi) is 3.55. The van der Waals surface area contributed by atoms with Gasteiger partial charge in [0.25, 0.3) is 0 Å². The van der Waals surface area contributed by atoms with Gasteiger partial charge in [0.2, 0.25) is 0 Å². The molecule has 20 heavy (non-hydrogen) atoms. The molecule has 3 aromatic rings. The zero-order chi connectivity index (χ0) is 14.1. The van der Waals surface area contributed by atoms with Crippen LogP contribution in [0, 0.1) is 0 Å². The Morgan fingerprint density at radius 3 is 2.60 bits per heavy atom. The van der Waals surface area contributed by atoms with Crippen molar-refractivity contribution < 1.29 is 4.79 Å². The van der Waals surface area contributed by atoms with Gasteiger partial charge in [-0.1, -0.05) is 17.7 Å². The second-order valence-electron chi connectivity index (χ2n) is 4.37. The van der Waals surface area contributed by atoms with Crippen molar-refractivity contribution in [3.63, 3.8) is 0 Å². The van der Waals surface area contributed by atoms with Crippen molar-refractivity contribution in [2.75, 3.05) is 0 Å². The maximum absolute atomic E-state index is 12.5. The van der Waals surface area contributed by atoms with Gasteiger partial charge in [-0.15, -0.1) is 0 Å². The lowest BCUT2D eigenvalue weighted by molar-refractivity contribution is 0.103.